The van der Waals surface area contributed by atoms with E-state index in [9.17, 15) is 0 Å². The van der Waals surface area contributed by atoms with Gasteiger partial charge in [0.2, 0.25) is 0 Å². The van der Waals surface area contributed by atoms with Gasteiger partial charge in [-0.2, -0.15) is 0 Å². The van der Waals surface area contributed by atoms with Gasteiger partial charge in [-0.15, -0.1) is 0 Å². The van der Waals surface area contributed by atoms with E-state index in [0.29, 0.717) is 0 Å². The van der Waals surface area contributed by atoms with Gasteiger partial charge in [-0.05, 0) is 70.9 Å². The van der Waals surface area contributed by atoms with Crippen molar-refractivity contribution in [1.29, 1.82) is 0 Å². The molecule has 200 valence electrons. The van der Waals surface area contributed by atoms with Gasteiger partial charge in [0.05, 0.1) is 22.7 Å². The van der Waals surface area contributed by atoms with E-state index in [4.69, 9.17) is 0 Å². The molecule has 0 N–H and O–H groups in total. The van der Waals surface area contributed by atoms with Gasteiger partial charge in [-0.3, -0.25) is 0 Å². The van der Waals surface area contributed by atoms with Crippen LogP contribution in [0, 0.1) is 22.7 Å². The quantitative estimate of drug-likeness (QED) is 0.327. The van der Waals surface area contributed by atoms with Gasteiger partial charge in [0.25, 0.3) is 0 Å². The van der Waals surface area contributed by atoms with Crippen LogP contribution < -0.4 is 9.80 Å². The third-order valence-corrected chi connectivity index (χ3v) is 7.87. The SMILES string of the molecule is CCC(CC)Cc1ccc2c(c1)N(CC(C)(C)C)c1ccc(CC(CC)CC)cc1N2CC(C)(C)C. The van der Waals surface area contributed by atoms with Crippen LogP contribution in [0.1, 0.15) is 106 Å². The van der Waals surface area contributed by atoms with Gasteiger partial charge in [-0.1, -0.05) is 107 Å². The first-order valence-corrected chi connectivity index (χ1v) is 14.7. The Morgan fingerprint density at radius 1 is 0.528 bits per heavy atom. The maximum absolute atomic E-state index is 2.63. The molecule has 1 heterocycles. The third-order valence-electron chi connectivity index (χ3n) is 7.87. The first-order chi connectivity index (χ1) is 16.9. The minimum atomic E-state index is 0.195. The second-order valence-electron chi connectivity index (χ2n) is 13.7. The number of fused-ring (bicyclic) bond motifs is 2. The van der Waals surface area contributed by atoms with Gasteiger partial charge in [0.15, 0.2) is 0 Å². The molecule has 0 amide bonds. The molecule has 1 aliphatic rings. The van der Waals surface area contributed by atoms with E-state index in [1.807, 2.05) is 0 Å². The average Bonchev–Trinajstić information content (AvgIpc) is 2.81. The van der Waals surface area contributed by atoms with Crippen molar-refractivity contribution in [3.05, 3.63) is 47.5 Å². The Morgan fingerprint density at radius 2 is 0.861 bits per heavy atom. The molecule has 0 bridgehead atoms. The van der Waals surface area contributed by atoms with Crippen LogP contribution in [0.25, 0.3) is 0 Å². The largest absolute Gasteiger partial charge is 0.338 e. The second-order valence-corrected chi connectivity index (χ2v) is 13.7. The zero-order valence-corrected chi connectivity index (χ0v) is 25.2. The highest BCUT2D eigenvalue weighted by atomic mass is 15.3. The predicted octanol–water partition coefficient (Wildman–Crippen LogP) is 10.3. The summed E-state index contributed by atoms with van der Waals surface area (Å²) in [7, 11) is 0. The molecular formula is C34H54N2. The van der Waals surface area contributed by atoms with E-state index >= 15 is 0 Å². The summed E-state index contributed by atoms with van der Waals surface area (Å²) in [5.41, 5.74) is 8.86. The summed E-state index contributed by atoms with van der Waals surface area (Å²) in [6, 6.07) is 14.7. The van der Waals surface area contributed by atoms with E-state index < -0.39 is 0 Å². The van der Waals surface area contributed by atoms with Gasteiger partial charge in [0.1, 0.15) is 0 Å². The molecule has 0 spiro atoms. The Morgan fingerprint density at radius 3 is 1.14 bits per heavy atom. The summed E-state index contributed by atoms with van der Waals surface area (Å²) in [6.45, 7) is 25.5. The Hall–Kier alpha value is -1.96. The number of rotatable bonds is 10. The number of benzene rings is 2. The lowest BCUT2D eigenvalue weighted by molar-refractivity contribution is 0.416. The average molecular weight is 491 g/mol. The molecule has 2 aromatic carbocycles. The monoisotopic (exact) mass is 490 g/mol. The van der Waals surface area contributed by atoms with Crippen molar-refractivity contribution >= 4 is 22.7 Å². The van der Waals surface area contributed by atoms with Crippen LogP contribution in [0.3, 0.4) is 0 Å². The first kappa shape index (κ1) is 28.6. The summed E-state index contributed by atoms with van der Waals surface area (Å²) in [6.07, 6.45) is 7.33. The predicted molar refractivity (Wildman–Crippen MR) is 161 cm³/mol. The molecule has 1 aliphatic heterocycles. The Bertz CT molecular complexity index is 902. The summed E-state index contributed by atoms with van der Waals surface area (Å²) in [5, 5.41) is 0. The molecule has 0 unspecified atom stereocenters. The standard InChI is InChI=1S/C34H54N2/c1-11-25(12-2)19-27-15-17-29-31(21-27)35(23-33(5,6)7)30-18-16-28(20-26(13-3)14-4)22-32(30)36(29)24-34(8,9)10/h15-18,21-22,25-26H,11-14,19-20,23-24H2,1-10H3. The lowest BCUT2D eigenvalue weighted by Gasteiger charge is -2.44. The smallest absolute Gasteiger partial charge is 0.0655 e. The van der Waals surface area contributed by atoms with Crippen molar-refractivity contribution in [2.75, 3.05) is 22.9 Å². The maximum Gasteiger partial charge on any atom is 0.0655 e. The van der Waals surface area contributed by atoms with Crippen LogP contribution in [0.2, 0.25) is 0 Å². The lowest BCUT2D eigenvalue weighted by atomic mass is 9.89. The van der Waals surface area contributed by atoms with Crippen molar-refractivity contribution < 1.29 is 0 Å². The molecule has 36 heavy (non-hydrogen) atoms. The van der Waals surface area contributed by atoms with Crippen LogP contribution in [-0.2, 0) is 12.8 Å². The molecule has 2 aromatic rings. The Balaban J connectivity index is 2.17. The topological polar surface area (TPSA) is 6.48 Å². The van der Waals surface area contributed by atoms with Crippen LogP contribution in [0.15, 0.2) is 36.4 Å². The van der Waals surface area contributed by atoms with Crippen LogP contribution in [0.4, 0.5) is 22.7 Å². The van der Waals surface area contributed by atoms with E-state index in [1.54, 1.807) is 0 Å². The fourth-order valence-corrected chi connectivity index (χ4v) is 5.65. The molecule has 0 aliphatic carbocycles. The molecule has 0 saturated heterocycles. The Kier molecular flexibility index (Phi) is 9.23. The van der Waals surface area contributed by atoms with Gasteiger partial charge >= 0.3 is 0 Å². The molecule has 0 radical (unpaired) electrons. The van der Waals surface area contributed by atoms with E-state index in [1.165, 1.54) is 72.4 Å². The minimum Gasteiger partial charge on any atom is -0.338 e. The van der Waals surface area contributed by atoms with Crippen molar-refractivity contribution in [2.45, 2.75) is 108 Å². The molecular weight excluding hydrogens is 436 g/mol. The van der Waals surface area contributed by atoms with Crippen molar-refractivity contribution in [1.82, 2.24) is 0 Å². The van der Waals surface area contributed by atoms with Crippen molar-refractivity contribution in [2.24, 2.45) is 22.7 Å². The van der Waals surface area contributed by atoms with Gasteiger partial charge in [-0.25, -0.2) is 0 Å². The maximum atomic E-state index is 2.63. The van der Waals surface area contributed by atoms with Gasteiger partial charge < -0.3 is 9.80 Å². The number of anilines is 4. The molecule has 0 saturated carbocycles. The second kappa shape index (κ2) is 11.6. The molecule has 0 fully saturated rings. The highest BCUT2D eigenvalue weighted by Gasteiger charge is 2.33. The summed E-state index contributed by atoms with van der Waals surface area (Å²) < 4.78 is 0. The summed E-state index contributed by atoms with van der Waals surface area (Å²) in [4.78, 5) is 5.25. The Labute approximate surface area is 223 Å². The summed E-state index contributed by atoms with van der Waals surface area (Å²) in [5.74, 6) is 1.52. The number of nitrogens with zero attached hydrogens (tertiary/aromatic N) is 2. The van der Waals surface area contributed by atoms with Crippen LogP contribution >= 0.6 is 0 Å². The molecule has 2 nitrogen and oxygen atoms in total. The highest BCUT2D eigenvalue weighted by Crippen LogP contribution is 2.50. The third kappa shape index (κ3) is 7.08. The minimum absolute atomic E-state index is 0.195. The lowest BCUT2D eigenvalue weighted by Crippen LogP contribution is -2.38. The highest BCUT2D eigenvalue weighted by molar-refractivity contribution is 5.93. The van der Waals surface area contributed by atoms with Crippen LogP contribution in [0.5, 0.6) is 0 Å². The van der Waals surface area contributed by atoms with E-state index in [0.717, 1.165) is 24.9 Å². The van der Waals surface area contributed by atoms with E-state index in [-0.39, 0.29) is 10.8 Å². The fourth-order valence-electron chi connectivity index (χ4n) is 5.65. The molecule has 2 heteroatoms. The fraction of sp³-hybridized carbons (Fsp3) is 0.647. The van der Waals surface area contributed by atoms with E-state index in [2.05, 4.69) is 115 Å². The zero-order valence-electron chi connectivity index (χ0n) is 25.2. The van der Waals surface area contributed by atoms with Crippen LogP contribution in [-0.4, -0.2) is 13.1 Å². The molecule has 0 aromatic heterocycles. The van der Waals surface area contributed by atoms with Crippen molar-refractivity contribution in [3.63, 3.8) is 0 Å². The first-order valence-electron chi connectivity index (χ1n) is 14.7. The zero-order chi connectivity index (χ0) is 26.7. The molecule has 3 rings (SSSR count). The van der Waals surface area contributed by atoms with Gasteiger partial charge in [0, 0.05) is 13.1 Å². The number of hydrogen-bond acceptors (Lipinski definition) is 2. The molecule has 0 atom stereocenters. The normalized spacial score (nSPS) is 14.0. The number of hydrogen-bond donors (Lipinski definition) is 0. The summed E-state index contributed by atoms with van der Waals surface area (Å²) >= 11 is 0. The van der Waals surface area contributed by atoms with Crippen molar-refractivity contribution in [3.8, 4) is 0 Å².